The highest BCUT2D eigenvalue weighted by atomic mass is 16.5. The molecule has 126 valence electrons. The maximum absolute atomic E-state index is 12.3. The first-order chi connectivity index (χ1) is 11.8. The van der Waals surface area contributed by atoms with Gasteiger partial charge in [-0.3, -0.25) is 14.7 Å². The van der Waals surface area contributed by atoms with Crippen LogP contribution in [0.3, 0.4) is 0 Å². The lowest BCUT2D eigenvalue weighted by atomic mass is 9.92. The minimum Gasteiger partial charge on any atom is -0.361 e. The van der Waals surface area contributed by atoms with Crippen molar-refractivity contribution in [2.75, 3.05) is 13.1 Å². The van der Waals surface area contributed by atoms with Gasteiger partial charge in [0, 0.05) is 37.0 Å². The van der Waals surface area contributed by atoms with E-state index in [1.165, 1.54) is 30.8 Å². The van der Waals surface area contributed by atoms with Crippen molar-refractivity contribution in [1.82, 2.24) is 25.3 Å². The van der Waals surface area contributed by atoms with Crippen LogP contribution in [0.4, 0.5) is 0 Å². The number of carbonyl (C=O) groups is 1. The molecule has 1 atom stereocenters. The SMILES string of the molecule is O=C(NC1CCc2onc(CN3CCCC3)c2C1)c1cnccn1. The average molecular weight is 327 g/mol. The highest BCUT2D eigenvalue weighted by molar-refractivity contribution is 5.92. The molecule has 24 heavy (non-hydrogen) atoms. The van der Waals surface area contributed by atoms with Crippen molar-refractivity contribution in [3.05, 3.63) is 41.3 Å². The summed E-state index contributed by atoms with van der Waals surface area (Å²) < 4.78 is 5.52. The van der Waals surface area contributed by atoms with Crippen molar-refractivity contribution in [2.45, 2.75) is 44.7 Å². The Kier molecular flexibility index (Phi) is 4.25. The first kappa shape index (κ1) is 15.3. The molecule has 0 radical (unpaired) electrons. The number of aryl methyl sites for hydroxylation is 1. The highest BCUT2D eigenvalue weighted by Crippen LogP contribution is 2.26. The lowest BCUT2D eigenvalue weighted by molar-refractivity contribution is 0.0927. The molecule has 2 aromatic heterocycles. The van der Waals surface area contributed by atoms with Crippen LogP contribution in [0.25, 0.3) is 0 Å². The van der Waals surface area contributed by atoms with Gasteiger partial charge in [-0.05, 0) is 38.8 Å². The summed E-state index contributed by atoms with van der Waals surface area (Å²) >= 11 is 0. The molecular weight excluding hydrogens is 306 g/mol. The molecule has 0 saturated carbocycles. The maximum atomic E-state index is 12.3. The Balaban J connectivity index is 1.43. The van der Waals surface area contributed by atoms with Gasteiger partial charge in [-0.1, -0.05) is 5.16 Å². The van der Waals surface area contributed by atoms with Gasteiger partial charge in [0.15, 0.2) is 0 Å². The molecule has 7 nitrogen and oxygen atoms in total. The first-order valence-electron chi connectivity index (χ1n) is 8.55. The van der Waals surface area contributed by atoms with Crippen molar-refractivity contribution in [2.24, 2.45) is 0 Å². The van der Waals surface area contributed by atoms with Crippen LogP contribution in [0.15, 0.2) is 23.1 Å². The van der Waals surface area contributed by atoms with E-state index in [0.29, 0.717) is 5.69 Å². The summed E-state index contributed by atoms with van der Waals surface area (Å²) in [7, 11) is 0. The van der Waals surface area contributed by atoms with Gasteiger partial charge in [0.25, 0.3) is 5.91 Å². The zero-order valence-corrected chi connectivity index (χ0v) is 13.6. The summed E-state index contributed by atoms with van der Waals surface area (Å²) in [5.74, 6) is 0.809. The second-order valence-corrected chi connectivity index (χ2v) is 6.52. The zero-order chi connectivity index (χ0) is 16.4. The summed E-state index contributed by atoms with van der Waals surface area (Å²) in [6.45, 7) is 3.12. The minimum atomic E-state index is -0.172. The lowest BCUT2D eigenvalue weighted by Crippen LogP contribution is -2.39. The number of carbonyl (C=O) groups excluding carboxylic acids is 1. The molecule has 0 bridgehead atoms. The molecule has 1 N–H and O–H groups in total. The van der Waals surface area contributed by atoms with Crippen LogP contribution in [-0.4, -0.2) is 45.1 Å². The van der Waals surface area contributed by atoms with Gasteiger partial charge in [-0.2, -0.15) is 0 Å². The minimum absolute atomic E-state index is 0.0868. The van der Waals surface area contributed by atoms with Crippen molar-refractivity contribution in [3.8, 4) is 0 Å². The molecule has 4 rings (SSSR count). The quantitative estimate of drug-likeness (QED) is 0.912. The van der Waals surface area contributed by atoms with E-state index in [1.54, 1.807) is 6.20 Å². The molecule has 0 spiro atoms. The van der Waals surface area contributed by atoms with E-state index in [4.69, 9.17) is 4.52 Å². The fraction of sp³-hybridized carbons (Fsp3) is 0.529. The van der Waals surface area contributed by atoms with Crippen LogP contribution in [0, 0.1) is 0 Å². The van der Waals surface area contributed by atoms with E-state index in [-0.39, 0.29) is 11.9 Å². The van der Waals surface area contributed by atoms with Crippen LogP contribution in [0.5, 0.6) is 0 Å². The summed E-state index contributed by atoms with van der Waals surface area (Å²) in [5, 5.41) is 7.34. The Bertz CT molecular complexity index is 709. The maximum Gasteiger partial charge on any atom is 0.271 e. The Morgan fingerprint density at radius 1 is 1.33 bits per heavy atom. The number of hydrogen-bond donors (Lipinski definition) is 1. The van der Waals surface area contributed by atoms with Crippen molar-refractivity contribution in [1.29, 1.82) is 0 Å². The molecule has 2 aliphatic rings. The number of nitrogens with zero attached hydrogens (tertiary/aromatic N) is 4. The third-order valence-corrected chi connectivity index (χ3v) is 4.82. The van der Waals surface area contributed by atoms with E-state index in [0.717, 1.165) is 50.4 Å². The summed E-state index contributed by atoms with van der Waals surface area (Å²) in [4.78, 5) is 22.7. The molecule has 1 fully saturated rings. The normalized spacial score (nSPS) is 20.8. The van der Waals surface area contributed by atoms with Gasteiger partial charge in [0.1, 0.15) is 17.1 Å². The van der Waals surface area contributed by atoms with Gasteiger partial charge >= 0.3 is 0 Å². The van der Waals surface area contributed by atoms with Crippen LogP contribution >= 0.6 is 0 Å². The predicted molar refractivity (Wildman–Crippen MR) is 86.3 cm³/mol. The second-order valence-electron chi connectivity index (χ2n) is 6.52. The number of fused-ring (bicyclic) bond motifs is 1. The molecule has 2 aromatic rings. The molecule has 3 heterocycles. The van der Waals surface area contributed by atoms with Gasteiger partial charge in [-0.25, -0.2) is 4.98 Å². The van der Waals surface area contributed by atoms with Crippen LogP contribution in [0.1, 0.15) is 46.8 Å². The summed E-state index contributed by atoms with van der Waals surface area (Å²) in [5.41, 5.74) is 2.56. The number of hydrogen-bond acceptors (Lipinski definition) is 6. The van der Waals surface area contributed by atoms with E-state index in [9.17, 15) is 4.79 Å². The third kappa shape index (κ3) is 3.17. The average Bonchev–Trinajstić information content (AvgIpc) is 3.26. The van der Waals surface area contributed by atoms with Gasteiger partial charge in [-0.15, -0.1) is 0 Å². The van der Waals surface area contributed by atoms with E-state index < -0.39 is 0 Å². The molecule has 1 saturated heterocycles. The number of rotatable bonds is 4. The number of likely N-dealkylation sites (tertiary alicyclic amines) is 1. The smallest absolute Gasteiger partial charge is 0.271 e. The molecule has 7 heteroatoms. The largest absolute Gasteiger partial charge is 0.361 e. The standard InChI is InChI=1S/C17H21N5O2/c23-17(14-10-18-5-6-19-14)20-12-3-4-16-13(9-12)15(21-24-16)11-22-7-1-2-8-22/h5-6,10,12H,1-4,7-9,11H2,(H,20,23). The molecule has 1 unspecified atom stereocenters. The monoisotopic (exact) mass is 327 g/mol. The number of amides is 1. The number of nitrogens with one attached hydrogen (secondary N) is 1. The van der Waals surface area contributed by atoms with Crippen molar-refractivity contribution < 1.29 is 9.32 Å². The van der Waals surface area contributed by atoms with Crippen molar-refractivity contribution >= 4 is 5.91 Å². The van der Waals surface area contributed by atoms with E-state index in [1.807, 2.05) is 0 Å². The first-order valence-corrected chi connectivity index (χ1v) is 8.55. The zero-order valence-electron chi connectivity index (χ0n) is 13.6. The fourth-order valence-electron chi connectivity index (χ4n) is 3.54. The molecule has 1 aliphatic carbocycles. The van der Waals surface area contributed by atoms with Crippen molar-refractivity contribution in [3.63, 3.8) is 0 Å². The Labute approximate surface area is 140 Å². The Morgan fingerprint density at radius 2 is 2.21 bits per heavy atom. The topological polar surface area (TPSA) is 84.2 Å². The molecule has 0 aromatic carbocycles. The lowest BCUT2D eigenvalue weighted by Gasteiger charge is -2.23. The molecule has 1 amide bonds. The van der Waals surface area contributed by atoms with Crippen LogP contribution in [0.2, 0.25) is 0 Å². The van der Waals surface area contributed by atoms with Gasteiger partial charge < -0.3 is 9.84 Å². The van der Waals surface area contributed by atoms with E-state index in [2.05, 4.69) is 25.3 Å². The third-order valence-electron chi connectivity index (χ3n) is 4.82. The van der Waals surface area contributed by atoms with Gasteiger partial charge in [0.05, 0.1) is 6.20 Å². The van der Waals surface area contributed by atoms with Crippen LogP contribution in [-0.2, 0) is 19.4 Å². The second kappa shape index (κ2) is 6.68. The fourth-order valence-corrected chi connectivity index (χ4v) is 3.54. The van der Waals surface area contributed by atoms with E-state index >= 15 is 0 Å². The number of aromatic nitrogens is 3. The summed E-state index contributed by atoms with van der Waals surface area (Å²) in [6, 6.07) is 0.0868. The summed E-state index contributed by atoms with van der Waals surface area (Å²) in [6.07, 6.45) is 9.54. The van der Waals surface area contributed by atoms with Crippen LogP contribution < -0.4 is 5.32 Å². The molecule has 1 aliphatic heterocycles. The predicted octanol–water partition coefficient (Wildman–Crippen LogP) is 1.35. The Hall–Kier alpha value is -2.28. The molecular formula is C17H21N5O2. The Morgan fingerprint density at radius 3 is 3.00 bits per heavy atom. The highest BCUT2D eigenvalue weighted by Gasteiger charge is 2.28. The van der Waals surface area contributed by atoms with Gasteiger partial charge in [0.2, 0.25) is 0 Å².